The summed E-state index contributed by atoms with van der Waals surface area (Å²) in [4.78, 5) is 4.09. The summed E-state index contributed by atoms with van der Waals surface area (Å²) in [6, 6.07) is 2.78. The van der Waals surface area contributed by atoms with E-state index in [2.05, 4.69) is 49.5 Å². The first kappa shape index (κ1) is 14.0. The SMILES string of the molecule is CCC(C)(C(NC)c1csc(C)c1)N1CCCC1. The van der Waals surface area contributed by atoms with E-state index in [-0.39, 0.29) is 5.54 Å². The standard InChI is InChI=1S/C15H26N2S/c1-5-15(3,17-8-6-7-9-17)14(16-4)13-10-12(2)18-11-13/h10-11,14,16H,5-9H2,1-4H3. The van der Waals surface area contributed by atoms with Crippen LogP contribution in [0.1, 0.15) is 49.6 Å². The zero-order valence-electron chi connectivity index (χ0n) is 12.1. The lowest BCUT2D eigenvalue weighted by Crippen LogP contribution is -2.52. The van der Waals surface area contributed by atoms with Crippen LogP contribution in [0.5, 0.6) is 0 Å². The Bertz CT molecular complexity index is 382. The molecule has 2 atom stereocenters. The number of nitrogens with zero attached hydrogens (tertiary/aromatic N) is 1. The van der Waals surface area contributed by atoms with Crippen molar-refractivity contribution in [1.29, 1.82) is 0 Å². The molecule has 18 heavy (non-hydrogen) atoms. The number of aryl methyl sites for hydroxylation is 1. The summed E-state index contributed by atoms with van der Waals surface area (Å²) in [5, 5.41) is 5.89. The summed E-state index contributed by atoms with van der Waals surface area (Å²) in [7, 11) is 2.10. The zero-order valence-corrected chi connectivity index (χ0v) is 12.9. The van der Waals surface area contributed by atoms with E-state index in [9.17, 15) is 0 Å². The quantitative estimate of drug-likeness (QED) is 0.876. The molecule has 0 bridgehead atoms. The fraction of sp³-hybridized carbons (Fsp3) is 0.733. The highest BCUT2D eigenvalue weighted by molar-refractivity contribution is 7.10. The van der Waals surface area contributed by atoms with Crippen molar-refractivity contribution < 1.29 is 0 Å². The molecule has 1 aromatic heterocycles. The molecule has 0 saturated carbocycles. The van der Waals surface area contributed by atoms with Gasteiger partial charge in [-0.1, -0.05) is 6.92 Å². The third-order valence-electron chi connectivity index (χ3n) is 4.54. The molecule has 102 valence electrons. The molecule has 0 spiro atoms. The lowest BCUT2D eigenvalue weighted by Gasteiger charge is -2.44. The van der Waals surface area contributed by atoms with Gasteiger partial charge in [-0.15, -0.1) is 11.3 Å². The Balaban J connectivity index is 2.27. The molecule has 0 amide bonds. The second kappa shape index (κ2) is 5.72. The van der Waals surface area contributed by atoms with E-state index in [0.29, 0.717) is 6.04 Å². The second-order valence-electron chi connectivity index (χ2n) is 5.62. The average molecular weight is 266 g/mol. The maximum absolute atomic E-state index is 3.57. The minimum absolute atomic E-state index is 0.235. The lowest BCUT2D eigenvalue weighted by atomic mass is 9.84. The van der Waals surface area contributed by atoms with Crippen molar-refractivity contribution in [2.45, 2.75) is 51.6 Å². The van der Waals surface area contributed by atoms with Crippen molar-refractivity contribution in [3.63, 3.8) is 0 Å². The predicted octanol–water partition coefficient (Wildman–Crippen LogP) is 3.58. The van der Waals surface area contributed by atoms with Gasteiger partial charge in [-0.2, -0.15) is 0 Å². The van der Waals surface area contributed by atoms with Crippen molar-refractivity contribution in [2.24, 2.45) is 0 Å². The van der Waals surface area contributed by atoms with Gasteiger partial charge in [0.05, 0.1) is 6.04 Å². The van der Waals surface area contributed by atoms with E-state index < -0.39 is 0 Å². The molecule has 1 fully saturated rings. The smallest absolute Gasteiger partial charge is 0.0510 e. The Morgan fingerprint density at radius 3 is 2.56 bits per heavy atom. The number of thiophene rings is 1. The van der Waals surface area contributed by atoms with Gasteiger partial charge in [0.15, 0.2) is 0 Å². The Morgan fingerprint density at radius 1 is 1.44 bits per heavy atom. The van der Waals surface area contributed by atoms with Crippen LogP contribution in [0.3, 0.4) is 0 Å². The molecule has 2 nitrogen and oxygen atoms in total. The maximum Gasteiger partial charge on any atom is 0.0510 e. The molecule has 0 aromatic carbocycles. The van der Waals surface area contributed by atoms with Crippen LogP contribution in [0.4, 0.5) is 0 Å². The van der Waals surface area contributed by atoms with Gasteiger partial charge < -0.3 is 5.32 Å². The number of nitrogens with one attached hydrogen (secondary N) is 1. The van der Waals surface area contributed by atoms with Crippen LogP contribution in [-0.2, 0) is 0 Å². The first-order valence-corrected chi connectivity index (χ1v) is 7.97. The second-order valence-corrected chi connectivity index (χ2v) is 6.73. The third-order valence-corrected chi connectivity index (χ3v) is 5.42. The maximum atomic E-state index is 3.57. The average Bonchev–Trinajstić information content (AvgIpc) is 3.01. The van der Waals surface area contributed by atoms with Crippen LogP contribution < -0.4 is 5.32 Å². The molecule has 1 aromatic rings. The Labute approximate surface area is 115 Å². The van der Waals surface area contributed by atoms with E-state index in [1.807, 2.05) is 11.3 Å². The fourth-order valence-electron chi connectivity index (χ4n) is 3.29. The van der Waals surface area contributed by atoms with Crippen LogP contribution in [-0.4, -0.2) is 30.6 Å². The van der Waals surface area contributed by atoms with Crippen LogP contribution in [0, 0.1) is 6.92 Å². The number of rotatable bonds is 5. The van der Waals surface area contributed by atoms with Crippen molar-refractivity contribution in [2.75, 3.05) is 20.1 Å². The van der Waals surface area contributed by atoms with Crippen LogP contribution in [0.25, 0.3) is 0 Å². The highest BCUT2D eigenvalue weighted by atomic mass is 32.1. The van der Waals surface area contributed by atoms with E-state index >= 15 is 0 Å². The minimum Gasteiger partial charge on any atom is -0.311 e. The fourth-order valence-corrected chi connectivity index (χ4v) is 4.02. The van der Waals surface area contributed by atoms with Gasteiger partial charge in [0.2, 0.25) is 0 Å². The van der Waals surface area contributed by atoms with Gasteiger partial charge in [-0.3, -0.25) is 4.90 Å². The van der Waals surface area contributed by atoms with E-state index in [0.717, 1.165) is 0 Å². The van der Waals surface area contributed by atoms with Crippen molar-refractivity contribution >= 4 is 11.3 Å². The number of hydrogen-bond donors (Lipinski definition) is 1. The Kier molecular flexibility index (Phi) is 4.46. The summed E-state index contributed by atoms with van der Waals surface area (Å²) in [5.41, 5.74) is 1.69. The van der Waals surface area contributed by atoms with E-state index in [1.165, 1.54) is 42.8 Å². The topological polar surface area (TPSA) is 15.3 Å². The van der Waals surface area contributed by atoms with Crippen LogP contribution >= 0.6 is 11.3 Å². The van der Waals surface area contributed by atoms with Gasteiger partial charge in [-0.05, 0) is 70.3 Å². The van der Waals surface area contributed by atoms with E-state index in [1.54, 1.807) is 0 Å². The molecule has 0 aliphatic carbocycles. The molecule has 2 rings (SSSR count). The molecule has 2 heterocycles. The van der Waals surface area contributed by atoms with Crippen molar-refractivity contribution in [3.8, 4) is 0 Å². The van der Waals surface area contributed by atoms with Gasteiger partial charge in [0.25, 0.3) is 0 Å². The zero-order chi connectivity index (χ0) is 13.2. The monoisotopic (exact) mass is 266 g/mol. The summed E-state index contributed by atoms with van der Waals surface area (Å²) in [6.45, 7) is 9.45. The molecule has 3 heteroatoms. The lowest BCUT2D eigenvalue weighted by molar-refractivity contribution is 0.0874. The van der Waals surface area contributed by atoms with Crippen LogP contribution in [0.2, 0.25) is 0 Å². The number of hydrogen-bond acceptors (Lipinski definition) is 3. The van der Waals surface area contributed by atoms with E-state index in [4.69, 9.17) is 0 Å². The molecular formula is C15H26N2S. The van der Waals surface area contributed by atoms with Crippen molar-refractivity contribution in [3.05, 3.63) is 21.9 Å². The largest absolute Gasteiger partial charge is 0.311 e. The molecular weight excluding hydrogens is 240 g/mol. The number of likely N-dealkylation sites (tertiary alicyclic amines) is 1. The van der Waals surface area contributed by atoms with Gasteiger partial charge in [0, 0.05) is 10.4 Å². The molecule has 0 radical (unpaired) electrons. The van der Waals surface area contributed by atoms with Gasteiger partial charge >= 0.3 is 0 Å². The van der Waals surface area contributed by atoms with Crippen LogP contribution in [0.15, 0.2) is 11.4 Å². The normalized spacial score (nSPS) is 22.0. The highest BCUT2D eigenvalue weighted by Crippen LogP contribution is 2.37. The molecule has 1 N–H and O–H groups in total. The van der Waals surface area contributed by atoms with Gasteiger partial charge in [0.1, 0.15) is 0 Å². The minimum atomic E-state index is 0.235. The molecule has 1 aliphatic heterocycles. The third kappa shape index (κ3) is 2.49. The first-order chi connectivity index (χ1) is 8.61. The number of likely N-dealkylation sites (N-methyl/N-ethyl adjacent to an activating group) is 1. The van der Waals surface area contributed by atoms with Gasteiger partial charge in [-0.25, -0.2) is 0 Å². The summed E-state index contributed by atoms with van der Waals surface area (Å²) in [6.07, 6.45) is 3.90. The molecule has 1 saturated heterocycles. The molecule has 1 aliphatic rings. The summed E-state index contributed by atoms with van der Waals surface area (Å²) >= 11 is 1.86. The first-order valence-electron chi connectivity index (χ1n) is 7.09. The Morgan fingerprint density at radius 2 is 2.11 bits per heavy atom. The summed E-state index contributed by atoms with van der Waals surface area (Å²) < 4.78 is 0. The highest BCUT2D eigenvalue weighted by Gasteiger charge is 2.39. The molecule has 2 unspecified atom stereocenters. The Hall–Kier alpha value is -0.380. The predicted molar refractivity (Wildman–Crippen MR) is 80.4 cm³/mol. The summed E-state index contributed by atoms with van der Waals surface area (Å²) in [5.74, 6) is 0. The van der Waals surface area contributed by atoms with Crippen molar-refractivity contribution in [1.82, 2.24) is 10.2 Å².